The first kappa shape index (κ1) is 20.3. The first-order valence-corrected chi connectivity index (χ1v) is 9.19. The van der Waals surface area contributed by atoms with Crippen LogP contribution in [0.5, 0.6) is 0 Å². The van der Waals surface area contributed by atoms with Crippen molar-refractivity contribution in [3.05, 3.63) is 54.1 Å². The van der Waals surface area contributed by atoms with Crippen LogP contribution in [0.15, 0.2) is 48.5 Å². The van der Waals surface area contributed by atoms with Crippen LogP contribution in [-0.2, 0) is 19.1 Å². The zero-order valence-electron chi connectivity index (χ0n) is 16.5. The van der Waals surface area contributed by atoms with Crippen molar-refractivity contribution in [1.82, 2.24) is 10.3 Å². The van der Waals surface area contributed by atoms with E-state index in [4.69, 9.17) is 4.74 Å². The second kappa shape index (κ2) is 8.68. The third-order valence-electron chi connectivity index (χ3n) is 4.84. The Kier molecular flexibility index (Phi) is 6.07. The number of carbonyl (C=O) groups is 3. The average molecular weight is 394 g/mol. The highest BCUT2D eigenvalue weighted by Gasteiger charge is 2.31. The summed E-state index contributed by atoms with van der Waals surface area (Å²) in [5, 5.41) is 4.10. The molecule has 1 N–H and O–H groups in total. The lowest BCUT2D eigenvalue weighted by Gasteiger charge is -2.23. The molecular weight excluding hydrogens is 372 g/mol. The van der Waals surface area contributed by atoms with Crippen LogP contribution >= 0.6 is 0 Å². The normalized spacial score (nSPS) is 12.9. The Labute approximate surface area is 168 Å². The summed E-state index contributed by atoms with van der Waals surface area (Å²) < 4.78 is 9.52. The van der Waals surface area contributed by atoms with Crippen molar-refractivity contribution in [3.8, 4) is 0 Å². The molecule has 0 spiro atoms. The van der Waals surface area contributed by atoms with Crippen molar-refractivity contribution < 1.29 is 23.9 Å². The number of amides is 1. The fourth-order valence-corrected chi connectivity index (χ4v) is 3.32. The van der Waals surface area contributed by atoms with E-state index in [1.807, 2.05) is 48.5 Å². The van der Waals surface area contributed by atoms with Gasteiger partial charge in [0.05, 0.1) is 37.2 Å². The molecule has 1 heterocycles. The summed E-state index contributed by atoms with van der Waals surface area (Å²) in [5.41, 5.74) is 1.77. The summed E-state index contributed by atoms with van der Waals surface area (Å²) in [7, 11) is 2.51. The zero-order chi connectivity index (χ0) is 21.0. The first-order valence-electron chi connectivity index (χ1n) is 9.19. The van der Waals surface area contributed by atoms with Gasteiger partial charge < -0.3 is 14.8 Å². The molecule has 1 amide bonds. The van der Waals surface area contributed by atoms with Crippen LogP contribution in [0.4, 0.5) is 0 Å². The molecule has 1 aromatic heterocycles. The summed E-state index contributed by atoms with van der Waals surface area (Å²) in [4.78, 5) is 41.9. The number of carbonyl (C=O) groups excluding carboxylic acids is 3. The third-order valence-corrected chi connectivity index (χ3v) is 4.84. The number of para-hydroxylation sites is 2. The number of nitrogens with one attached hydrogen (secondary N) is 1. The molecule has 0 aliphatic rings. The van der Waals surface area contributed by atoms with Crippen molar-refractivity contribution in [2.24, 2.45) is 5.92 Å². The fraction of sp³-hybridized carbons (Fsp3) is 0.273. The van der Waals surface area contributed by atoms with Gasteiger partial charge in [0.1, 0.15) is 6.04 Å². The van der Waals surface area contributed by atoms with E-state index in [0.717, 1.165) is 0 Å². The summed E-state index contributed by atoms with van der Waals surface area (Å²) in [6, 6.07) is 13.6. The topological polar surface area (TPSA) is 94.6 Å². The molecule has 0 radical (unpaired) electrons. The summed E-state index contributed by atoms with van der Waals surface area (Å²) in [6.07, 6.45) is -0.0333. The van der Waals surface area contributed by atoms with Crippen LogP contribution in [0.25, 0.3) is 21.8 Å². The Morgan fingerprint density at radius 1 is 0.931 bits per heavy atom. The van der Waals surface area contributed by atoms with E-state index in [-0.39, 0.29) is 6.42 Å². The van der Waals surface area contributed by atoms with Gasteiger partial charge in [-0.25, -0.2) is 9.78 Å². The number of methoxy groups -OCH3 is 2. The Hall–Kier alpha value is -3.48. The number of hydrogen-bond donors (Lipinski definition) is 1. The minimum atomic E-state index is -1.00. The van der Waals surface area contributed by atoms with Gasteiger partial charge in [-0.05, 0) is 18.1 Å². The minimum Gasteiger partial charge on any atom is -0.469 e. The Morgan fingerprint density at radius 3 is 2.00 bits per heavy atom. The SMILES string of the molecule is COC(=O)C[C@@H](C)[C@H](NC(=O)c1c2ccccc2nc2ccccc12)C(=O)OC. The quantitative estimate of drug-likeness (QED) is 0.510. The molecule has 0 fully saturated rings. The lowest BCUT2D eigenvalue weighted by atomic mass is 9.96. The van der Waals surface area contributed by atoms with Gasteiger partial charge in [-0.2, -0.15) is 0 Å². The number of nitrogens with zero attached hydrogens (tertiary/aromatic N) is 1. The van der Waals surface area contributed by atoms with Crippen LogP contribution in [0.3, 0.4) is 0 Å². The lowest BCUT2D eigenvalue weighted by molar-refractivity contribution is -0.146. The number of rotatable bonds is 6. The molecule has 0 bridgehead atoms. The molecule has 0 saturated heterocycles. The molecule has 0 unspecified atom stereocenters. The number of benzene rings is 2. The molecule has 29 heavy (non-hydrogen) atoms. The average Bonchev–Trinajstić information content (AvgIpc) is 2.74. The van der Waals surface area contributed by atoms with E-state index in [0.29, 0.717) is 27.4 Å². The summed E-state index contributed by atoms with van der Waals surface area (Å²) in [6.45, 7) is 1.68. The molecule has 0 saturated carbocycles. The Bertz CT molecular complexity index is 1030. The highest BCUT2D eigenvalue weighted by Crippen LogP contribution is 2.26. The summed E-state index contributed by atoms with van der Waals surface area (Å²) in [5.74, 6) is -2.05. The summed E-state index contributed by atoms with van der Waals surface area (Å²) >= 11 is 0. The largest absolute Gasteiger partial charge is 0.469 e. The number of esters is 2. The number of fused-ring (bicyclic) bond motifs is 2. The Morgan fingerprint density at radius 2 is 1.48 bits per heavy atom. The van der Waals surface area contributed by atoms with E-state index in [2.05, 4.69) is 15.0 Å². The van der Waals surface area contributed by atoms with Crippen LogP contribution in [0.2, 0.25) is 0 Å². The number of pyridine rings is 1. The molecule has 2 atom stereocenters. The number of hydrogen-bond acceptors (Lipinski definition) is 6. The maximum absolute atomic E-state index is 13.3. The molecule has 2 aromatic carbocycles. The predicted molar refractivity (Wildman–Crippen MR) is 108 cm³/mol. The van der Waals surface area contributed by atoms with Gasteiger partial charge in [-0.15, -0.1) is 0 Å². The van der Waals surface area contributed by atoms with Crippen molar-refractivity contribution >= 4 is 39.7 Å². The number of ether oxygens (including phenoxy) is 2. The van der Waals surface area contributed by atoms with Gasteiger partial charge in [0, 0.05) is 10.8 Å². The molecule has 0 aliphatic carbocycles. The van der Waals surface area contributed by atoms with Crippen molar-refractivity contribution in [1.29, 1.82) is 0 Å². The van der Waals surface area contributed by atoms with Crippen LogP contribution in [0.1, 0.15) is 23.7 Å². The van der Waals surface area contributed by atoms with E-state index in [1.54, 1.807) is 6.92 Å². The van der Waals surface area contributed by atoms with Crippen LogP contribution < -0.4 is 5.32 Å². The molecule has 7 nitrogen and oxygen atoms in total. The van der Waals surface area contributed by atoms with Gasteiger partial charge in [0.25, 0.3) is 5.91 Å². The van der Waals surface area contributed by atoms with Gasteiger partial charge in [0.2, 0.25) is 0 Å². The molecule has 3 aromatic rings. The van der Waals surface area contributed by atoms with Crippen molar-refractivity contribution in [2.75, 3.05) is 14.2 Å². The highest BCUT2D eigenvalue weighted by molar-refractivity contribution is 6.16. The van der Waals surface area contributed by atoms with Gasteiger partial charge >= 0.3 is 11.9 Å². The first-order chi connectivity index (χ1) is 14.0. The van der Waals surface area contributed by atoms with Gasteiger partial charge in [-0.3, -0.25) is 9.59 Å². The van der Waals surface area contributed by atoms with E-state index in [1.165, 1.54) is 14.2 Å². The second-order valence-corrected chi connectivity index (χ2v) is 6.75. The van der Waals surface area contributed by atoms with Gasteiger partial charge in [0.15, 0.2) is 0 Å². The minimum absolute atomic E-state index is 0.0333. The standard InChI is InChI=1S/C22H22N2O5/c1-13(12-18(25)28-2)20(22(27)29-3)24-21(26)19-14-8-4-6-10-16(14)23-17-11-7-5-9-15(17)19/h4-11,13,20H,12H2,1-3H3,(H,24,26)/t13-,20+/m1/s1. The fourth-order valence-electron chi connectivity index (χ4n) is 3.32. The second-order valence-electron chi connectivity index (χ2n) is 6.75. The maximum Gasteiger partial charge on any atom is 0.328 e. The van der Waals surface area contributed by atoms with Crippen LogP contribution in [-0.4, -0.2) is 43.1 Å². The third kappa shape index (κ3) is 4.18. The lowest BCUT2D eigenvalue weighted by Crippen LogP contribution is -2.46. The maximum atomic E-state index is 13.3. The molecule has 0 aliphatic heterocycles. The molecular formula is C22H22N2O5. The zero-order valence-corrected chi connectivity index (χ0v) is 16.5. The van der Waals surface area contributed by atoms with Gasteiger partial charge in [-0.1, -0.05) is 43.3 Å². The molecule has 150 valence electrons. The van der Waals surface area contributed by atoms with E-state index >= 15 is 0 Å². The van der Waals surface area contributed by atoms with Crippen LogP contribution in [0, 0.1) is 5.92 Å². The highest BCUT2D eigenvalue weighted by atomic mass is 16.5. The monoisotopic (exact) mass is 394 g/mol. The predicted octanol–water partition coefficient (Wildman–Crippen LogP) is 2.86. The molecule has 7 heteroatoms. The van der Waals surface area contributed by atoms with Crippen molar-refractivity contribution in [2.45, 2.75) is 19.4 Å². The smallest absolute Gasteiger partial charge is 0.328 e. The molecule has 3 rings (SSSR count). The Balaban J connectivity index is 2.04. The van der Waals surface area contributed by atoms with E-state index < -0.39 is 29.8 Å². The number of aromatic nitrogens is 1. The van der Waals surface area contributed by atoms with E-state index in [9.17, 15) is 14.4 Å². The van der Waals surface area contributed by atoms with Crippen molar-refractivity contribution in [3.63, 3.8) is 0 Å².